The van der Waals surface area contributed by atoms with Crippen molar-refractivity contribution in [2.75, 3.05) is 18.1 Å². The summed E-state index contributed by atoms with van der Waals surface area (Å²) in [7, 11) is -3.98. The fourth-order valence-corrected chi connectivity index (χ4v) is 6.88. The number of Topliss-reactive ketones (excluding diaryl/α,β-unsaturated/α-hetero) is 1. The quantitative estimate of drug-likeness (QED) is 0.385. The molecule has 10 nitrogen and oxygen atoms in total. The lowest BCUT2D eigenvalue weighted by Crippen LogP contribution is -2.42. The third-order valence-corrected chi connectivity index (χ3v) is 9.05. The Morgan fingerprint density at radius 3 is 2.73 bits per heavy atom. The molecule has 0 bridgehead atoms. The first-order valence-electron chi connectivity index (χ1n) is 12.3. The van der Waals surface area contributed by atoms with Crippen molar-refractivity contribution in [3.8, 4) is 6.07 Å². The van der Waals surface area contributed by atoms with Gasteiger partial charge in [0.05, 0.1) is 46.3 Å². The van der Waals surface area contributed by atoms with Gasteiger partial charge in [-0.3, -0.25) is 19.1 Å². The lowest BCUT2D eigenvalue weighted by Gasteiger charge is -2.43. The summed E-state index contributed by atoms with van der Waals surface area (Å²) < 4.78 is 19.2. The van der Waals surface area contributed by atoms with Crippen LogP contribution < -0.4 is 10.2 Å². The fourth-order valence-electron chi connectivity index (χ4n) is 5.91. The zero-order valence-corrected chi connectivity index (χ0v) is 21.6. The van der Waals surface area contributed by atoms with Crippen LogP contribution >= 0.6 is 7.60 Å². The van der Waals surface area contributed by atoms with Gasteiger partial charge in [0.1, 0.15) is 5.82 Å². The normalized spacial score (nSPS) is 25.5. The Labute approximate surface area is 214 Å². The molecule has 1 N–H and O–H groups in total. The van der Waals surface area contributed by atoms with Crippen molar-refractivity contribution in [1.29, 1.82) is 5.26 Å². The maximum atomic E-state index is 13.4. The molecule has 37 heavy (non-hydrogen) atoms. The molecule has 1 saturated carbocycles. The largest absolute Gasteiger partial charge is 0.360 e. The fraction of sp³-hybridized carbons (Fsp3) is 0.423. The van der Waals surface area contributed by atoms with Crippen LogP contribution in [0.25, 0.3) is 11.0 Å². The molecule has 0 radical (unpaired) electrons. The Bertz CT molecular complexity index is 1480. The summed E-state index contributed by atoms with van der Waals surface area (Å²) in [6.07, 6.45) is 5.82. The van der Waals surface area contributed by atoms with E-state index in [2.05, 4.69) is 23.0 Å². The van der Waals surface area contributed by atoms with Crippen molar-refractivity contribution < 1.29 is 23.6 Å². The molecule has 1 unspecified atom stereocenters. The number of carbonyl (C=O) groups excluding carboxylic acids is 2. The van der Waals surface area contributed by atoms with Crippen molar-refractivity contribution in [1.82, 2.24) is 14.5 Å². The van der Waals surface area contributed by atoms with Gasteiger partial charge in [-0.15, -0.1) is 0 Å². The number of nitrogens with zero attached hydrogens (tertiary/aromatic N) is 5. The Balaban J connectivity index is 1.39. The van der Waals surface area contributed by atoms with E-state index in [4.69, 9.17) is 4.52 Å². The molecule has 1 aromatic carbocycles. The standard InChI is InChI=1S/C26H28N5O5P/c1-3-36-37(34,35)19-6-8-22(28-13-19)31-16-26(23(32)24(31)33)10-4-9-25(2,14-26)15-30-17-29-20-7-5-18(12-27)11-21(20)30/h5-8,11,13,17H,3-4,9-10,14-16H2,1-2H3,(H,34,35)/t25-,26-/m0/s1. The summed E-state index contributed by atoms with van der Waals surface area (Å²) in [6, 6.07) is 10.4. The number of carbonyl (C=O) groups is 2. The van der Waals surface area contributed by atoms with Crippen LogP contribution in [-0.4, -0.2) is 44.3 Å². The predicted octanol–water partition coefficient (Wildman–Crippen LogP) is 3.33. The molecule has 3 atom stereocenters. The number of rotatable bonds is 6. The van der Waals surface area contributed by atoms with Gasteiger partial charge in [-0.25, -0.2) is 9.97 Å². The molecule has 5 rings (SSSR count). The van der Waals surface area contributed by atoms with E-state index in [0.717, 1.165) is 23.9 Å². The maximum Gasteiger partial charge on any atom is 0.360 e. The van der Waals surface area contributed by atoms with Crippen LogP contribution in [0.2, 0.25) is 0 Å². The van der Waals surface area contributed by atoms with Crippen molar-refractivity contribution in [2.45, 2.75) is 46.1 Å². The van der Waals surface area contributed by atoms with E-state index in [0.29, 0.717) is 24.9 Å². The summed E-state index contributed by atoms with van der Waals surface area (Å²) in [4.78, 5) is 46.6. The van der Waals surface area contributed by atoms with Gasteiger partial charge in [-0.05, 0) is 61.9 Å². The molecule has 1 aliphatic heterocycles. The molecule has 3 aromatic rings. The van der Waals surface area contributed by atoms with Gasteiger partial charge in [-0.1, -0.05) is 13.3 Å². The highest BCUT2D eigenvalue weighted by molar-refractivity contribution is 7.61. The molecule has 1 spiro atoms. The van der Waals surface area contributed by atoms with Gasteiger partial charge in [0.15, 0.2) is 0 Å². The van der Waals surface area contributed by atoms with E-state index >= 15 is 0 Å². The van der Waals surface area contributed by atoms with Crippen LogP contribution in [0.1, 0.15) is 45.1 Å². The first-order chi connectivity index (χ1) is 17.6. The second-order valence-electron chi connectivity index (χ2n) is 10.3. The number of nitriles is 1. The molecule has 192 valence electrons. The molecular weight excluding hydrogens is 493 g/mol. The lowest BCUT2D eigenvalue weighted by atomic mass is 9.61. The number of ketones is 1. The van der Waals surface area contributed by atoms with Crippen LogP contribution in [0.15, 0.2) is 42.9 Å². The van der Waals surface area contributed by atoms with E-state index in [-0.39, 0.29) is 29.7 Å². The Hall–Kier alpha value is -3.38. The molecule has 3 heterocycles. The number of hydrogen-bond acceptors (Lipinski definition) is 7. The molecule has 2 fully saturated rings. The number of pyridine rings is 1. The number of aromatic nitrogens is 3. The van der Waals surface area contributed by atoms with Gasteiger partial charge >= 0.3 is 7.60 Å². The minimum atomic E-state index is -3.98. The number of hydrogen-bond donors (Lipinski definition) is 1. The molecule has 1 saturated heterocycles. The minimum Gasteiger partial charge on any atom is -0.330 e. The summed E-state index contributed by atoms with van der Waals surface area (Å²) in [5.74, 6) is -0.741. The van der Waals surface area contributed by atoms with Crippen LogP contribution in [0.3, 0.4) is 0 Å². The predicted molar refractivity (Wildman–Crippen MR) is 136 cm³/mol. The third kappa shape index (κ3) is 4.48. The van der Waals surface area contributed by atoms with Gasteiger partial charge in [0.25, 0.3) is 5.91 Å². The van der Waals surface area contributed by atoms with Crippen LogP contribution in [0, 0.1) is 22.2 Å². The first kappa shape index (κ1) is 25.3. The van der Waals surface area contributed by atoms with Gasteiger partial charge in [-0.2, -0.15) is 5.26 Å². The number of anilines is 1. The summed E-state index contributed by atoms with van der Waals surface area (Å²) in [5, 5.41) is 9.33. The highest BCUT2D eigenvalue weighted by atomic mass is 31.2. The number of fused-ring (bicyclic) bond motifs is 1. The van der Waals surface area contributed by atoms with Crippen molar-refractivity contribution in [3.63, 3.8) is 0 Å². The topological polar surface area (TPSA) is 138 Å². The Morgan fingerprint density at radius 2 is 2.03 bits per heavy atom. The van der Waals surface area contributed by atoms with Crippen molar-refractivity contribution in [2.24, 2.45) is 10.8 Å². The Kier molecular flexibility index (Phi) is 6.27. The van der Waals surface area contributed by atoms with Crippen molar-refractivity contribution in [3.05, 3.63) is 48.4 Å². The average Bonchev–Trinajstić information content (AvgIpc) is 3.37. The van der Waals surface area contributed by atoms with Crippen LogP contribution in [0.5, 0.6) is 0 Å². The van der Waals surface area contributed by atoms with E-state index in [1.165, 1.54) is 23.2 Å². The van der Waals surface area contributed by atoms with Gasteiger partial charge in [0, 0.05) is 19.3 Å². The maximum absolute atomic E-state index is 13.4. The molecule has 1 aliphatic carbocycles. The molecular formula is C26H28N5O5P. The second kappa shape index (κ2) is 9.18. The van der Waals surface area contributed by atoms with E-state index in [1.54, 1.807) is 19.3 Å². The SMILES string of the molecule is CCOP(=O)(O)c1ccc(N2C[C@@]3(CCC[C@](C)(Cn4cnc5ccc(C#N)cc54)C3)C(=O)C2=O)nc1. The number of benzene rings is 1. The highest BCUT2D eigenvalue weighted by Crippen LogP contribution is 2.51. The van der Waals surface area contributed by atoms with E-state index in [9.17, 15) is 24.3 Å². The zero-order chi connectivity index (χ0) is 26.4. The first-order valence-corrected chi connectivity index (χ1v) is 13.8. The van der Waals surface area contributed by atoms with Crippen LogP contribution in [0.4, 0.5) is 5.82 Å². The van der Waals surface area contributed by atoms with Crippen molar-refractivity contribution >= 4 is 41.4 Å². The Morgan fingerprint density at radius 1 is 1.22 bits per heavy atom. The zero-order valence-electron chi connectivity index (χ0n) is 20.8. The number of amides is 1. The second-order valence-corrected chi connectivity index (χ2v) is 12.2. The summed E-state index contributed by atoms with van der Waals surface area (Å²) in [6.45, 7) is 4.66. The molecule has 11 heteroatoms. The smallest absolute Gasteiger partial charge is 0.330 e. The molecule has 2 aromatic heterocycles. The number of imidazole rings is 1. The molecule has 1 amide bonds. The monoisotopic (exact) mass is 521 g/mol. The third-order valence-electron chi connectivity index (χ3n) is 7.52. The summed E-state index contributed by atoms with van der Waals surface area (Å²) in [5.41, 5.74) is 1.14. The average molecular weight is 522 g/mol. The highest BCUT2D eigenvalue weighted by Gasteiger charge is 2.56. The minimum absolute atomic E-state index is 0.0307. The van der Waals surface area contributed by atoms with Gasteiger partial charge in [0.2, 0.25) is 5.78 Å². The summed E-state index contributed by atoms with van der Waals surface area (Å²) >= 11 is 0. The van der Waals surface area contributed by atoms with E-state index < -0.39 is 24.7 Å². The van der Waals surface area contributed by atoms with Crippen LogP contribution in [-0.2, 0) is 25.2 Å². The van der Waals surface area contributed by atoms with E-state index in [1.807, 2.05) is 16.7 Å². The molecule has 2 aliphatic rings. The lowest BCUT2D eigenvalue weighted by molar-refractivity contribution is -0.140. The van der Waals surface area contributed by atoms with Gasteiger partial charge < -0.3 is 14.0 Å².